The summed E-state index contributed by atoms with van der Waals surface area (Å²) in [5.74, 6) is 0. The number of hydrogen-bond acceptors (Lipinski definition) is 4. The first-order chi connectivity index (χ1) is 38.2. The van der Waals surface area contributed by atoms with E-state index in [4.69, 9.17) is 0 Å². The molecular weight excluding hydrogens is 933 g/mol. The fraction of sp³-hybridized carbons (Fsp3) is 0.0685. The molecule has 0 aliphatic heterocycles. The van der Waals surface area contributed by atoms with E-state index in [0.29, 0.717) is 0 Å². The summed E-state index contributed by atoms with van der Waals surface area (Å²) in [7, 11) is 0. The Bertz CT molecular complexity index is 3750. The topological polar surface area (TPSA) is 13.0 Å². The zero-order valence-electron chi connectivity index (χ0n) is 42.7. The minimum atomic E-state index is -0.720. The molecule has 10 aromatic rings. The van der Waals surface area contributed by atoms with Gasteiger partial charge in [-0.05, 0) is 179 Å². The molecule has 14 rings (SSSR count). The van der Waals surface area contributed by atoms with E-state index in [1.165, 1.54) is 55.9 Å². The largest absolute Gasteiger partial charge is 0.334 e. The molecule has 4 aliphatic carbocycles. The van der Waals surface area contributed by atoms with Gasteiger partial charge in [-0.15, -0.1) is 0 Å². The molecule has 0 aromatic heterocycles. The Labute approximate surface area is 452 Å². The van der Waals surface area contributed by atoms with Gasteiger partial charge in [0.05, 0.1) is 17.5 Å². The summed E-state index contributed by atoms with van der Waals surface area (Å²) in [6, 6.07) is 98.3. The van der Waals surface area contributed by atoms with Crippen LogP contribution in [-0.2, 0) is 5.41 Å². The summed E-state index contributed by atoms with van der Waals surface area (Å²) in [5, 5.41) is 0. The van der Waals surface area contributed by atoms with Crippen LogP contribution in [0.2, 0.25) is 0 Å². The quantitative estimate of drug-likeness (QED) is 0.121. The van der Waals surface area contributed by atoms with Crippen LogP contribution in [-0.4, -0.2) is 12.1 Å². The molecule has 0 bridgehead atoms. The van der Waals surface area contributed by atoms with Gasteiger partial charge in [0.1, 0.15) is 0 Å². The van der Waals surface area contributed by atoms with Gasteiger partial charge in [-0.3, -0.25) is 0 Å². The number of para-hydroxylation sites is 7. The van der Waals surface area contributed by atoms with Crippen LogP contribution >= 0.6 is 0 Å². The van der Waals surface area contributed by atoms with Gasteiger partial charge in [0, 0.05) is 56.9 Å². The van der Waals surface area contributed by atoms with E-state index in [2.05, 4.69) is 323 Å². The molecule has 0 saturated carbocycles. The molecule has 0 N–H and O–H groups in total. The summed E-state index contributed by atoms with van der Waals surface area (Å²) in [4.78, 5) is 9.95. The Morgan fingerprint density at radius 3 is 1.09 bits per heavy atom. The molecule has 0 amide bonds. The van der Waals surface area contributed by atoms with Crippen LogP contribution < -0.4 is 19.6 Å². The summed E-state index contributed by atoms with van der Waals surface area (Å²) >= 11 is 0. The first-order valence-electron chi connectivity index (χ1n) is 27.0. The standard InChI is InChI=1S/C73H56N4/c1-9-25-53(26-10-1)74(54-27-11-2-12-28-54)61-41-45-65-66-46-42-62(75(55-29-13-3-14-30-55)56-31-15-4-16-32-56)50-70(66)73(69(65)49-61)71-51-63(76(57-33-17-5-18-34-57)58-35-19-6-20-36-58)43-47-67(71)68-48-44-64(52-72(68)73)77(59-37-21-7-22-38-59)60-39-23-8-24-40-60/h1-39,41-49,51-52,60,62H,40,50H2. The van der Waals surface area contributed by atoms with Crippen molar-refractivity contribution in [3.05, 3.63) is 331 Å². The Balaban J connectivity index is 1.06. The Morgan fingerprint density at radius 2 is 0.675 bits per heavy atom. The van der Waals surface area contributed by atoms with Crippen molar-refractivity contribution in [2.45, 2.75) is 30.3 Å². The highest BCUT2D eigenvalue weighted by Crippen LogP contribution is 2.66. The number of allylic oxidation sites excluding steroid dienone is 4. The third kappa shape index (κ3) is 7.91. The average Bonchev–Trinajstić information content (AvgIpc) is 4.19. The van der Waals surface area contributed by atoms with Crippen LogP contribution in [0.1, 0.15) is 35.1 Å². The molecule has 0 heterocycles. The highest BCUT2D eigenvalue weighted by Gasteiger charge is 2.54. The van der Waals surface area contributed by atoms with Crippen molar-refractivity contribution >= 4 is 62.4 Å². The number of fused-ring (bicyclic) bond motifs is 9. The molecule has 0 fully saturated rings. The molecule has 4 nitrogen and oxygen atoms in total. The van der Waals surface area contributed by atoms with Gasteiger partial charge in [0.25, 0.3) is 0 Å². The molecule has 3 unspecified atom stereocenters. The van der Waals surface area contributed by atoms with Gasteiger partial charge in [0.15, 0.2) is 0 Å². The fourth-order valence-corrected chi connectivity index (χ4v) is 12.9. The van der Waals surface area contributed by atoms with Crippen molar-refractivity contribution in [1.82, 2.24) is 0 Å². The molecule has 4 heteroatoms. The first-order valence-corrected chi connectivity index (χ1v) is 27.0. The highest BCUT2D eigenvalue weighted by atomic mass is 15.2. The summed E-state index contributed by atoms with van der Waals surface area (Å²) < 4.78 is 0. The Hall–Kier alpha value is -9.64. The van der Waals surface area contributed by atoms with Crippen molar-refractivity contribution in [2.75, 3.05) is 19.6 Å². The van der Waals surface area contributed by atoms with Gasteiger partial charge in [-0.2, -0.15) is 0 Å². The van der Waals surface area contributed by atoms with Crippen LogP contribution in [0.5, 0.6) is 0 Å². The van der Waals surface area contributed by atoms with Crippen LogP contribution in [0, 0.1) is 0 Å². The summed E-state index contributed by atoms with van der Waals surface area (Å²) in [5.41, 5.74) is 21.0. The normalized spacial score (nSPS) is 17.4. The Kier molecular flexibility index (Phi) is 11.7. The summed E-state index contributed by atoms with van der Waals surface area (Å²) in [6.45, 7) is 0. The van der Waals surface area contributed by atoms with E-state index in [-0.39, 0.29) is 12.1 Å². The molecule has 0 saturated heterocycles. The lowest BCUT2D eigenvalue weighted by atomic mass is 9.67. The Morgan fingerprint density at radius 1 is 0.312 bits per heavy atom. The lowest BCUT2D eigenvalue weighted by Crippen LogP contribution is -2.36. The average molecular weight is 989 g/mol. The smallest absolute Gasteiger partial charge is 0.0691 e. The number of hydrogen-bond donors (Lipinski definition) is 0. The van der Waals surface area contributed by atoms with Gasteiger partial charge >= 0.3 is 0 Å². The van der Waals surface area contributed by atoms with E-state index >= 15 is 0 Å². The van der Waals surface area contributed by atoms with Gasteiger partial charge in [0.2, 0.25) is 0 Å². The van der Waals surface area contributed by atoms with E-state index in [1.54, 1.807) is 0 Å². The number of anilines is 10. The van der Waals surface area contributed by atoms with E-state index < -0.39 is 5.41 Å². The summed E-state index contributed by atoms with van der Waals surface area (Å²) in [6.07, 6.45) is 15.7. The number of nitrogens with zero attached hydrogens (tertiary/aromatic N) is 4. The second-order valence-corrected chi connectivity index (χ2v) is 20.3. The molecule has 1 spiro atoms. The van der Waals surface area contributed by atoms with Crippen LogP contribution in [0.25, 0.3) is 16.7 Å². The lowest BCUT2D eigenvalue weighted by Gasteiger charge is -2.40. The number of rotatable bonds is 12. The van der Waals surface area contributed by atoms with Crippen LogP contribution in [0.15, 0.2) is 309 Å². The van der Waals surface area contributed by atoms with Gasteiger partial charge in [-0.1, -0.05) is 182 Å². The second-order valence-electron chi connectivity index (χ2n) is 20.3. The molecule has 368 valence electrons. The van der Waals surface area contributed by atoms with Crippen LogP contribution in [0.4, 0.5) is 56.9 Å². The third-order valence-corrected chi connectivity index (χ3v) is 16.1. The first kappa shape index (κ1) is 45.9. The minimum absolute atomic E-state index is 0.00155. The van der Waals surface area contributed by atoms with Gasteiger partial charge in [-0.25, -0.2) is 0 Å². The van der Waals surface area contributed by atoms with E-state index in [9.17, 15) is 0 Å². The molecule has 77 heavy (non-hydrogen) atoms. The zero-order chi connectivity index (χ0) is 51.1. The van der Waals surface area contributed by atoms with Crippen molar-refractivity contribution in [3.8, 4) is 11.1 Å². The SMILES string of the molecule is C1=CCC(N(c2ccccc2)c2ccc3c(c2)C2(C4=C(C=CC(N(c5ccccc5)c5ccccc5)C4)c4ccc(N(c5ccccc5)c5ccccc5)cc42)c2cc(N(c4ccccc4)c4ccccc4)ccc2-3)C=C1. The predicted octanol–water partition coefficient (Wildman–Crippen LogP) is 18.9. The minimum Gasteiger partial charge on any atom is -0.334 e. The lowest BCUT2D eigenvalue weighted by molar-refractivity contribution is 0.663. The monoisotopic (exact) mass is 988 g/mol. The van der Waals surface area contributed by atoms with Crippen molar-refractivity contribution in [1.29, 1.82) is 0 Å². The maximum Gasteiger partial charge on any atom is 0.0691 e. The molecule has 0 radical (unpaired) electrons. The van der Waals surface area contributed by atoms with Crippen molar-refractivity contribution in [3.63, 3.8) is 0 Å². The van der Waals surface area contributed by atoms with E-state index in [0.717, 1.165) is 58.3 Å². The number of benzene rings is 10. The molecular formula is C73H56N4. The van der Waals surface area contributed by atoms with Crippen molar-refractivity contribution < 1.29 is 0 Å². The molecule has 3 atom stereocenters. The highest BCUT2D eigenvalue weighted by molar-refractivity contribution is 6.00. The maximum absolute atomic E-state index is 2.57. The zero-order valence-corrected chi connectivity index (χ0v) is 42.7. The molecule has 10 aromatic carbocycles. The third-order valence-electron chi connectivity index (χ3n) is 16.1. The second kappa shape index (κ2) is 19.6. The molecule has 4 aliphatic rings. The van der Waals surface area contributed by atoms with Crippen LogP contribution in [0.3, 0.4) is 0 Å². The predicted molar refractivity (Wildman–Crippen MR) is 322 cm³/mol. The van der Waals surface area contributed by atoms with Crippen molar-refractivity contribution in [2.24, 2.45) is 0 Å². The maximum atomic E-state index is 2.57. The van der Waals surface area contributed by atoms with E-state index in [1.807, 2.05) is 0 Å². The van der Waals surface area contributed by atoms with Gasteiger partial charge < -0.3 is 19.6 Å². The fourth-order valence-electron chi connectivity index (χ4n) is 12.9.